The lowest BCUT2D eigenvalue weighted by atomic mass is 9.96. The molecule has 0 fully saturated rings. The van der Waals surface area contributed by atoms with Gasteiger partial charge in [-0.05, 0) is 31.4 Å². The molecular weight excluding hydrogens is 308 g/mol. The minimum atomic E-state index is -0.719. The van der Waals surface area contributed by atoms with Crippen LogP contribution < -0.4 is 5.32 Å². The first-order chi connectivity index (χ1) is 11.5. The van der Waals surface area contributed by atoms with Gasteiger partial charge in [-0.2, -0.15) is 0 Å². The van der Waals surface area contributed by atoms with Gasteiger partial charge in [-0.3, -0.25) is 4.79 Å². The predicted molar refractivity (Wildman–Crippen MR) is 90.7 cm³/mol. The molecule has 2 rings (SSSR count). The van der Waals surface area contributed by atoms with Crippen molar-refractivity contribution in [1.29, 1.82) is 0 Å². The quantitative estimate of drug-likeness (QED) is 0.779. The molecule has 24 heavy (non-hydrogen) atoms. The van der Waals surface area contributed by atoms with Crippen LogP contribution in [0.3, 0.4) is 0 Å². The van der Waals surface area contributed by atoms with Crippen LogP contribution in [0.1, 0.15) is 44.0 Å². The van der Waals surface area contributed by atoms with E-state index in [1.165, 1.54) is 0 Å². The second-order valence-corrected chi connectivity index (χ2v) is 6.15. The highest BCUT2D eigenvalue weighted by Crippen LogP contribution is 2.18. The van der Waals surface area contributed by atoms with Crippen molar-refractivity contribution >= 4 is 17.6 Å². The number of hydrogen-bond donors (Lipinski definition) is 1. The van der Waals surface area contributed by atoms with Gasteiger partial charge in [0.05, 0.1) is 18.4 Å². The predicted octanol–water partition coefficient (Wildman–Crippen LogP) is 2.54. The number of carbonyl (C=O) groups excluding carboxylic acids is 2. The maximum absolute atomic E-state index is 12.4. The SMILES string of the molecule is CCOC(=O)C1CC([C@H](CC(C)C)NC(=O)c2ccccc2)=NO1. The van der Waals surface area contributed by atoms with Crippen molar-refractivity contribution in [3.8, 4) is 0 Å². The van der Waals surface area contributed by atoms with E-state index in [4.69, 9.17) is 9.57 Å². The summed E-state index contributed by atoms with van der Waals surface area (Å²) in [7, 11) is 0. The molecule has 0 aliphatic carbocycles. The summed E-state index contributed by atoms with van der Waals surface area (Å²) in [6, 6.07) is 8.75. The van der Waals surface area contributed by atoms with E-state index in [2.05, 4.69) is 24.3 Å². The van der Waals surface area contributed by atoms with Gasteiger partial charge in [-0.25, -0.2) is 4.79 Å². The lowest BCUT2D eigenvalue weighted by Gasteiger charge is -2.20. The summed E-state index contributed by atoms with van der Waals surface area (Å²) >= 11 is 0. The van der Waals surface area contributed by atoms with Crippen LogP contribution >= 0.6 is 0 Å². The standard InChI is InChI=1S/C18H24N2O4/c1-4-23-18(22)16-11-15(20-24-16)14(10-12(2)3)19-17(21)13-8-6-5-7-9-13/h5-9,12,14,16H,4,10-11H2,1-3H3,(H,19,21)/t14-,16?/m0/s1. The van der Waals surface area contributed by atoms with Crippen molar-refractivity contribution in [2.45, 2.75) is 45.8 Å². The number of hydrogen-bond acceptors (Lipinski definition) is 5. The number of carbonyl (C=O) groups is 2. The summed E-state index contributed by atoms with van der Waals surface area (Å²) in [5.41, 5.74) is 1.26. The first-order valence-corrected chi connectivity index (χ1v) is 8.26. The van der Waals surface area contributed by atoms with E-state index >= 15 is 0 Å². The summed E-state index contributed by atoms with van der Waals surface area (Å²) in [6.45, 7) is 6.19. The van der Waals surface area contributed by atoms with Crippen LogP contribution in [0.4, 0.5) is 0 Å². The van der Waals surface area contributed by atoms with Crippen molar-refractivity contribution in [2.75, 3.05) is 6.61 Å². The van der Waals surface area contributed by atoms with Gasteiger partial charge in [0.15, 0.2) is 0 Å². The van der Waals surface area contributed by atoms with Gasteiger partial charge in [-0.1, -0.05) is 37.2 Å². The fourth-order valence-electron chi connectivity index (χ4n) is 2.54. The minimum absolute atomic E-state index is 0.163. The number of nitrogens with one attached hydrogen (secondary N) is 1. The molecule has 6 nitrogen and oxygen atoms in total. The minimum Gasteiger partial charge on any atom is -0.463 e. The van der Waals surface area contributed by atoms with Crippen LogP contribution in [0.25, 0.3) is 0 Å². The molecule has 0 bridgehead atoms. The second-order valence-electron chi connectivity index (χ2n) is 6.15. The Morgan fingerprint density at radius 3 is 2.67 bits per heavy atom. The fraction of sp³-hybridized carbons (Fsp3) is 0.500. The molecule has 1 aromatic rings. The average Bonchev–Trinajstić information content (AvgIpc) is 3.05. The number of nitrogens with zero attached hydrogens (tertiary/aromatic N) is 1. The van der Waals surface area contributed by atoms with Crippen LogP contribution in [0, 0.1) is 5.92 Å². The fourth-order valence-corrected chi connectivity index (χ4v) is 2.54. The highest BCUT2D eigenvalue weighted by atomic mass is 16.7. The third-order valence-electron chi connectivity index (χ3n) is 3.69. The van der Waals surface area contributed by atoms with E-state index in [0.717, 1.165) is 6.42 Å². The van der Waals surface area contributed by atoms with E-state index in [0.29, 0.717) is 30.2 Å². The lowest BCUT2D eigenvalue weighted by molar-refractivity contribution is -0.154. The molecule has 1 unspecified atom stereocenters. The molecule has 1 aliphatic heterocycles. The van der Waals surface area contributed by atoms with Gasteiger partial charge < -0.3 is 14.9 Å². The molecule has 0 saturated heterocycles. The van der Waals surface area contributed by atoms with Crippen molar-refractivity contribution < 1.29 is 19.2 Å². The van der Waals surface area contributed by atoms with Crippen molar-refractivity contribution in [3.05, 3.63) is 35.9 Å². The van der Waals surface area contributed by atoms with Crippen LogP contribution in [0.2, 0.25) is 0 Å². The molecule has 1 amide bonds. The Labute approximate surface area is 142 Å². The Balaban J connectivity index is 2.04. The van der Waals surface area contributed by atoms with Crippen LogP contribution in [-0.2, 0) is 14.4 Å². The van der Waals surface area contributed by atoms with Gasteiger partial charge in [0.2, 0.25) is 6.10 Å². The highest BCUT2D eigenvalue weighted by Gasteiger charge is 2.34. The largest absolute Gasteiger partial charge is 0.463 e. The van der Waals surface area contributed by atoms with Crippen LogP contribution in [0.5, 0.6) is 0 Å². The van der Waals surface area contributed by atoms with Gasteiger partial charge in [0, 0.05) is 12.0 Å². The Morgan fingerprint density at radius 2 is 2.04 bits per heavy atom. The molecule has 2 atom stereocenters. The zero-order valence-electron chi connectivity index (χ0n) is 14.3. The number of amides is 1. The summed E-state index contributed by atoms with van der Waals surface area (Å²) in [4.78, 5) is 29.4. The van der Waals surface area contributed by atoms with Crippen molar-refractivity contribution in [2.24, 2.45) is 11.1 Å². The highest BCUT2D eigenvalue weighted by molar-refractivity contribution is 6.00. The number of ether oxygens (including phenoxy) is 1. The molecule has 0 saturated carbocycles. The first-order valence-electron chi connectivity index (χ1n) is 8.26. The summed E-state index contributed by atoms with van der Waals surface area (Å²) in [5, 5.41) is 7.02. The van der Waals surface area contributed by atoms with Crippen LogP contribution in [-0.4, -0.2) is 36.3 Å². The van der Waals surface area contributed by atoms with Crippen LogP contribution in [0.15, 0.2) is 35.5 Å². The van der Waals surface area contributed by atoms with Gasteiger partial charge >= 0.3 is 5.97 Å². The Kier molecular flexibility index (Phi) is 6.35. The zero-order valence-corrected chi connectivity index (χ0v) is 14.3. The monoisotopic (exact) mass is 332 g/mol. The van der Waals surface area contributed by atoms with E-state index < -0.39 is 12.1 Å². The Bertz CT molecular complexity index is 598. The van der Waals surface area contributed by atoms with E-state index in [-0.39, 0.29) is 11.9 Å². The number of rotatable bonds is 7. The van der Waals surface area contributed by atoms with Gasteiger partial charge in [-0.15, -0.1) is 0 Å². The summed E-state index contributed by atoms with van der Waals surface area (Å²) < 4.78 is 4.96. The van der Waals surface area contributed by atoms with Crippen molar-refractivity contribution in [3.63, 3.8) is 0 Å². The number of oxime groups is 1. The Hall–Kier alpha value is -2.37. The van der Waals surface area contributed by atoms with Gasteiger partial charge in [0.25, 0.3) is 5.91 Å². The average molecular weight is 332 g/mol. The summed E-state index contributed by atoms with van der Waals surface area (Å²) in [5.74, 6) is -0.229. The number of benzene rings is 1. The lowest BCUT2D eigenvalue weighted by Crippen LogP contribution is -2.42. The molecule has 0 spiro atoms. The molecule has 130 valence electrons. The van der Waals surface area contributed by atoms with E-state index in [1.54, 1.807) is 19.1 Å². The number of esters is 1. The smallest absolute Gasteiger partial charge is 0.350 e. The van der Waals surface area contributed by atoms with Gasteiger partial charge in [0.1, 0.15) is 0 Å². The summed E-state index contributed by atoms with van der Waals surface area (Å²) in [6.07, 6.45) is 0.338. The third-order valence-corrected chi connectivity index (χ3v) is 3.69. The Morgan fingerprint density at radius 1 is 1.33 bits per heavy atom. The topological polar surface area (TPSA) is 77.0 Å². The molecule has 1 N–H and O–H groups in total. The van der Waals surface area contributed by atoms with E-state index in [9.17, 15) is 9.59 Å². The second kappa shape index (κ2) is 8.47. The van der Waals surface area contributed by atoms with Crippen molar-refractivity contribution in [1.82, 2.24) is 5.32 Å². The normalized spacial score (nSPS) is 17.8. The first kappa shape index (κ1) is 18.0. The molecule has 1 aromatic carbocycles. The molecule has 1 heterocycles. The molecule has 6 heteroatoms. The molecule has 0 aromatic heterocycles. The van der Waals surface area contributed by atoms with E-state index in [1.807, 2.05) is 18.2 Å². The molecule has 1 aliphatic rings. The third kappa shape index (κ3) is 4.81. The molecular formula is C18H24N2O4. The molecule has 0 radical (unpaired) electrons. The maximum atomic E-state index is 12.4. The maximum Gasteiger partial charge on any atom is 0.350 e. The zero-order chi connectivity index (χ0) is 17.5.